The molecule has 0 radical (unpaired) electrons. The lowest BCUT2D eigenvalue weighted by Gasteiger charge is -2.41. The maximum atomic E-state index is 16.1. The average Bonchev–Trinajstić information content (AvgIpc) is 3.22. The molecule has 3 atom stereocenters. The molecule has 2 fully saturated rings. The highest BCUT2D eigenvalue weighted by molar-refractivity contribution is 9.10. The number of nitrogens with zero attached hydrogens (tertiary/aromatic N) is 1. The molecule has 3 aromatic rings. The van der Waals surface area contributed by atoms with Gasteiger partial charge in [0.05, 0.1) is 4.90 Å². The molecule has 2 aliphatic heterocycles. The summed E-state index contributed by atoms with van der Waals surface area (Å²) in [6, 6.07) is 14.5. The van der Waals surface area contributed by atoms with Crippen molar-refractivity contribution in [1.29, 1.82) is 0 Å². The topological polar surface area (TPSA) is 102 Å². The van der Waals surface area contributed by atoms with Crippen molar-refractivity contribution < 1.29 is 26.7 Å². The summed E-state index contributed by atoms with van der Waals surface area (Å²) in [5, 5.41) is 0.592. The third-order valence-electron chi connectivity index (χ3n) is 7.59. The van der Waals surface area contributed by atoms with E-state index in [9.17, 15) is 13.2 Å². The van der Waals surface area contributed by atoms with Gasteiger partial charge in [-0.25, -0.2) is 8.42 Å². The Morgan fingerprint density at radius 2 is 1.61 bits per heavy atom. The first-order chi connectivity index (χ1) is 19.4. The van der Waals surface area contributed by atoms with E-state index in [1.807, 2.05) is 0 Å². The SMILES string of the molecule is NC1CC2CCC(C1)N2C(=O)[C@H](NS(=O)(=O)c1ccc(OCc2ccc(Cl)cc2)cc1)C(F)(F)c1ccc(Br)cc1. The Morgan fingerprint density at radius 1 is 1.02 bits per heavy atom. The molecule has 1 amide bonds. The summed E-state index contributed by atoms with van der Waals surface area (Å²) >= 11 is 9.12. The maximum Gasteiger partial charge on any atom is 0.298 e. The number of carbonyl (C=O) groups is 1. The first-order valence-electron chi connectivity index (χ1n) is 13.2. The molecule has 218 valence electrons. The molecule has 7 nitrogen and oxygen atoms in total. The Morgan fingerprint density at radius 3 is 2.20 bits per heavy atom. The van der Waals surface area contributed by atoms with Gasteiger partial charge < -0.3 is 15.4 Å². The number of ether oxygens (including phenoxy) is 1. The number of amides is 1. The van der Waals surface area contributed by atoms with E-state index in [0.717, 1.165) is 5.56 Å². The van der Waals surface area contributed by atoms with Crippen LogP contribution in [0, 0.1) is 0 Å². The average molecular weight is 669 g/mol. The van der Waals surface area contributed by atoms with Crippen molar-refractivity contribution in [1.82, 2.24) is 9.62 Å². The predicted octanol–water partition coefficient (Wildman–Crippen LogP) is 5.60. The molecule has 2 bridgehead atoms. The largest absolute Gasteiger partial charge is 0.489 e. The third kappa shape index (κ3) is 6.59. The van der Waals surface area contributed by atoms with Gasteiger partial charge in [-0.05, 0) is 79.8 Å². The molecule has 2 heterocycles. The summed E-state index contributed by atoms with van der Waals surface area (Å²) in [6.07, 6.45) is 2.27. The fraction of sp³-hybridized carbons (Fsp3) is 0.345. The minimum Gasteiger partial charge on any atom is -0.489 e. The van der Waals surface area contributed by atoms with Crippen LogP contribution in [0.1, 0.15) is 36.8 Å². The third-order valence-corrected chi connectivity index (χ3v) is 9.81. The number of nitrogens with one attached hydrogen (secondary N) is 1. The van der Waals surface area contributed by atoms with Gasteiger partial charge in [0.25, 0.3) is 5.92 Å². The van der Waals surface area contributed by atoms with Crippen molar-refractivity contribution in [2.75, 3.05) is 0 Å². The van der Waals surface area contributed by atoms with Crippen LogP contribution in [0.15, 0.2) is 82.2 Å². The molecular weight excluding hydrogens is 640 g/mol. The molecular formula is C29H29BrClF2N3O4S. The number of benzene rings is 3. The number of alkyl halides is 2. The number of hydrogen-bond donors (Lipinski definition) is 2. The molecule has 3 aromatic carbocycles. The second-order valence-corrected chi connectivity index (χ2v) is 13.5. The van der Waals surface area contributed by atoms with E-state index in [1.54, 1.807) is 24.3 Å². The molecule has 2 aliphatic rings. The first-order valence-corrected chi connectivity index (χ1v) is 15.8. The molecule has 2 saturated heterocycles. The lowest BCUT2D eigenvalue weighted by molar-refractivity contribution is -0.149. The number of sulfonamides is 1. The minimum absolute atomic E-state index is 0.126. The molecule has 5 rings (SSSR count). The highest BCUT2D eigenvalue weighted by atomic mass is 79.9. The number of nitrogens with two attached hydrogens (primary N) is 1. The van der Waals surface area contributed by atoms with Crippen molar-refractivity contribution in [3.05, 3.63) is 93.4 Å². The minimum atomic E-state index is -4.54. The number of rotatable bonds is 9. The Bertz CT molecular complexity index is 1480. The van der Waals surface area contributed by atoms with Gasteiger partial charge in [0.15, 0.2) is 6.04 Å². The highest BCUT2D eigenvalue weighted by Gasteiger charge is 2.53. The van der Waals surface area contributed by atoms with Crippen LogP contribution in [-0.2, 0) is 27.3 Å². The number of fused-ring (bicyclic) bond motifs is 2. The summed E-state index contributed by atoms with van der Waals surface area (Å²) in [4.78, 5) is 15.0. The molecule has 41 heavy (non-hydrogen) atoms. The molecule has 0 saturated carbocycles. The fourth-order valence-corrected chi connectivity index (χ4v) is 7.11. The zero-order chi connectivity index (χ0) is 29.4. The van der Waals surface area contributed by atoms with Crippen LogP contribution in [0.5, 0.6) is 5.75 Å². The second kappa shape index (κ2) is 12.0. The second-order valence-electron chi connectivity index (χ2n) is 10.4. The van der Waals surface area contributed by atoms with Crippen LogP contribution < -0.4 is 15.2 Å². The fourth-order valence-electron chi connectivity index (χ4n) is 5.53. The lowest BCUT2D eigenvalue weighted by Crippen LogP contribution is -2.60. The van der Waals surface area contributed by atoms with E-state index in [0.29, 0.717) is 40.9 Å². The smallest absolute Gasteiger partial charge is 0.298 e. The van der Waals surface area contributed by atoms with Crippen molar-refractivity contribution in [2.45, 2.75) is 67.3 Å². The predicted molar refractivity (Wildman–Crippen MR) is 155 cm³/mol. The quantitative estimate of drug-likeness (QED) is 0.309. The Labute approximate surface area is 251 Å². The van der Waals surface area contributed by atoms with Crippen molar-refractivity contribution in [3.8, 4) is 5.75 Å². The van der Waals surface area contributed by atoms with Gasteiger partial charge in [-0.15, -0.1) is 0 Å². The first kappa shape index (κ1) is 29.9. The van der Waals surface area contributed by atoms with E-state index < -0.39 is 33.5 Å². The van der Waals surface area contributed by atoms with Gasteiger partial charge in [-0.1, -0.05) is 51.8 Å². The number of halogens is 4. The van der Waals surface area contributed by atoms with Crippen molar-refractivity contribution >= 4 is 43.5 Å². The Kier molecular flexibility index (Phi) is 8.73. The van der Waals surface area contributed by atoms with Gasteiger partial charge in [-0.2, -0.15) is 13.5 Å². The molecule has 12 heteroatoms. The van der Waals surface area contributed by atoms with Crippen LogP contribution in [-0.4, -0.2) is 43.4 Å². The maximum absolute atomic E-state index is 16.1. The molecule has 0 aliphatic carbocycles. The summed E-state index contributed by atoms with van der Waals surface area (Å²) in [7, 11) is -4.54. The molecule has 0 spiro atoms. The zero-order valence-electron chi connectivity index (χ0n) is 21.9. The monoisotopic (exact) mass is 667 g/mol. The molecule has 0 aromatic heterocycles. The van der Waals surface area contributed by atoms with E-state index in [4.69, 9.17) is 22.1 Å². The molecule has 3 N–H and O–H groups in total. The van der Waals surface area contributed by atoms with E-state index in [2.05, 4.69) is 20.7 Å². The summed E-state index contributed by atoms with van der Waals surface area (Å²) in [6.45, 7) is 0.222. The van der Waals surface area contributed by atoms with E-state index in [1.165, 1.54) is 53.4 Å². The van der Waals surface area contributed by atoms with E-state index in [-0.39, 0.29) is 29.6 Å². The lowest BCUT2D eigenvalue weighted by atomic mass is 9.95. The summed E-state index contributed by atoms with van der Waals surface area (Å²) in [5.41, 5.74) is 6.50. The van der Waals surface area contributed by atoms with E-state index >= 15 is 8.78 Å². The standard InChI is InChI=1S/C29H29BrClF2N3O4S/c30-20-5-3-19(4-6-20)29(32,33)27(28(37)36-23-9-10-24(36)16-22(34)15-23)35-41(38,39)26-13-11-25(12-14-26)40-17-18-1-7-21(31)8-2-18/h1-8,11-14,22-24,27,35H,9-10,15-17,34H2/t22?,23?,24?,27-/m0/s1. The van der Waals surface area contributed by atoms with Gasteiger partial charge >= 0.3 is 0 Å². The normalized spacial score (nSPS) is 21.5. The van der Waals surface area contributed by atoms with Crippen LogP contribution in [0.25, 0.3) is 0 Å². The van der Waals surface area contributed by atoms with Gasteiger partial charge in [-0.3, -0.25) is 4.79 Å². The Hall–Kier alpha value is -2.57. The summed E-state index contributed by atoms with van der Waals surface area (Å²) < 4.78 is 67.3. The van der Waals surface area contributed by atoms with Gasteiger partial charge in [0.1, 0.15) is 12.4 Å². The Balaban J connectivity index is 1.39. The van der Waals surface area contributed by atoms with Crippen LogP contribution >= 0.6 is 27.5 Å². The van der Waals surface area contributed by atoms with Gasteiger partial charge in [0.2, 0.25) is 15.9 Å². The van der Waals surface area contributed by atoms with Crippen LogP contribution in [0.4, 0.5) is 8.78 Å². The van der Waals surface area contributed by atoms with Gasteiger partial charge in [0, 0.05) is 33.2 Å². The van der Waals surface area contributed by atoms with Crippen LogP contribution in [0.3, 0.4) is 0 Å². The highest BCUT2D eigenvalue weighted by Crippen LogP contribution is 2.40. The number of hydrogen-bond acceptors (Lipinski definition) is 5. The van der Waals surface area contributed by atoms with Crippen molar-refractivity contribution in [3.63, 3.8) is 0 Å². The van der Waals surface area contributed by atoms with Crippen LogP contribution in [0.2, 0.25) is 5.02 Å². The number of piperidine rings is 1. The zero-order valence-corrected chi connectivity index (χ0v) is 25.0. The molecule has 2 unspecified atom stereocenters. The number of carbonyl (C=O) groups excluding carboxylic acids is 1. The summed E-state index contributed by atoms with van der Waals surface area (Å²) in [5.74, 6) is -4.41. The van der Waals surface area contributed by atoms with Crippen molar-refractivity contribution in [2.24, 2.45) is 5.73 Å².